The van der Waals surface area contributed by atoms with Crippen molar-refractivity contribution in [3.63, 3.8) is 0 Å². The molecule has 1 aliphatic rings. The topological polar surface area (TPSA) is 103 Å². The van der Waals surface area contributed by atoms with E-state index < -0.39 is 23.8 Å². The van der Waals surface area contributed by atoms with Gasteiger partial charge in [0.1, 0.15) is 0 Å². The van der Waals surface area contributed by atoms with Crippen molar-refractivity contribution in [2.45, 2.75) is 18.9 Å². The number of esters is 2. The first-order valence-corrected chi connectivity index (χ1v) is 7.93. The highest BCUT2D eigenvalue weighted by atomic mass is 16.6. The van der Waals surface area contributed by atoms with Gasteiger partial charge in [0.2, 0.25) is 5.78 Å². The van der Waals surface area contributed by atoms with E-state index in [0.717, 1.165) is 0 Å². The van der Waals surface area contributed by atoms with Crippen molar-refractivity contribution in [2.75, 3.05) is 0 Å². The maximum Gasteiger partial charge on any atom is 0.338 e. The number of carbonyl (C=O) groups is 4. The minimum absolute atomic E-state index is 0.147. The van der Waals surface area contributed by atoms with Gasteiger partial charge in [-0.3, -0.25) is 9.59 Å². The van der Waals surface area contributed by atoms with Gasteiger partial charge >= 0.3 is 17.9 Å². The average Bonchev–Trinajstić information content (AvgIpc) is 3.22. The lowest BCUT2D eigenvalue weighted by Crippen LogP contribution is -2.17. The number of hydrogen-bond acceptors (Lipinski definition) is 5. The van der Waals surface area contributed by atoms with E-state index >= 15 is 0 Å². The summed E-state index contributed by atoms with van der Waals surface area (Å²) in [5, 5.41) is 8.47. The SMILES string of the molecule is O=C(O)/C=C/C(=O)OC(=O)C1CCn2c(C(=O)c3ccccc3)ccc21. The van der Waals surface area contributed by atoms with Crippen LogP contribution in [0.15, 0.2) is 54.6 Å². The Balaban J connectivity index is 1.76. The Kier molecular flexibility index (Phi) is 4.79. The van der Waals surface area contributed by atoms with Gasteiger partial charge < -0.3 is 14.4 Å². The third-order valence-corrected chi connectivity index (χ3v) is 4.13. The largest absolute Gasteiger partial charge is 0.478 e. The van der Waals surface area contributed by atoms with Crippen LogP contribution >= 0.6 is 0 Å². The number of nitrogens with zero attached hydrogens (tertiary/aromatic N) is 1. The zero-order valence-corrected chi connectivity index (χ0v) is 13.6. The molecule has 1 N–H and O–H groups in total. The molecule has 7 heteroatoms. The van der Waals surface area contributed by atoms with Gasteiger partial charge in [-0.1, -0.05) is 30.3 Å². The molecule has 0 bridgehead atoms. The van der Waals surface area contributed by atoms with Crippen LogP contribution in [0.3, 0.4) is 0 Å². The molecule has 1 aromatic carbocycles. The van der Waals surface area contributed by atoms with E-state index in [0.29, 0.717) is 42.1 Å². The van der Waals surface area contributed by atoms with Gasteiger partial charge in [-0.2, -0.15) is 0 Å². The molecule has 0 saturated carbocycles. The summed E-state index contributed by atoms with van der Waals surface area (Å²) in [7, 11) is 0. The van der Waals surface area contributed by atoms with Crippen LogP contribution in [0.25, 0.3) is 0 Å². The van der Waals surface area contributed by atoms with Crippen LogP contribution in [-0.4, -0.2) is 33.4 Å². The van der Waals surface area contributed by atoms with Gasteiger partial charge in [-0.15, -0.1) is 0 Å². The number of fused-ring (bicyclic) bond motifs is 1. The highest BCUT2D eigenvalue weighted by Gasteiger charge is 2.33. The third-order valence-electron chi connectivity index (χ3n) is 4.13. The first kappa shape index (κ1) is 17.3. The van der Waals surface area contributed by atoms with E-state index in [2.05, 4.69) is 4.74 Å². The maximum absolute atomic E-state index is 12.6. The predicted octanol–water partition coefficient (Wildman–Crippen LogP) is 1.92. The summed E-state index contributed by atoms with van der Waals surface area (Å²) in [5.41, 5.74) is 1.62. The number of benzene rings is 1. The number of hydrogen-bond donors (Lipinski definition) is 1. The van der Waals surface area contributed by atoms with E-state index in [-0.39, 0.29) is 5.78 Å². The van der Waals surface area contributed by atoms with Crippen molar-refractivity contribution < 1.29 is 29.0 Å². The van der Waals surface area contributed by atoms with Crippen LogP contribution in [0.5, 0.6) is 0 Å². The summed E-state index contributed by atoms with van der Waals surface area (Å²) in [5.74, 6) is -3.93. The van der Waals surface area contributed by atoms with Crippen molar-refractivity contribution in [3.05, 3.63) is 71.6 Å². The molecule has 26 heavy (non-hydrogen) atoms. The predicted molar refractivity (Wildman–Crippen MR) is 89.5 cm³/mol. The van der Waals surface area contributed by atoms with Crippen LogP contribution in [0.1, 0.15) is 34.1 Å². The van der Waals surface area contributed by atoms with Crippen LogP contribution in [0, 0.1) is 0 Å². The van der Waals surface area contributed by atoms with Crippen molar-refractivity contribution in [1.29, 1.82) is 0 Å². The van der Waals surface area contributed by atoms with Crippen molar-refractivity contribution >= 4 is 23.7 Å². The number of rotatable bonds is 5. The van der Waals surface area contributed by atoms with E-state index in [1.807, 2.05) is 6.07 Å². The van der Waals surface area contributed by atoms with Crippen molar-refractivity contribution in [2.24, 2.45) is 0 Å². The summed E-state index contributed by atoms with van der Waals surface area (Å²) in [6, 6.07) is 12.1. The van der Waals surface area contributed by atoms with Gasteiger partial charge in [0.15, 0.2) is 0 Å². The van der Waals surface area contributed by atoms with Crippen molar-refractivity contribution in [3.8, 4) is 0 Å². The Labute approximate surface area is 148 Å². The molecule has 0 radical (unpaired) electrons. The monoisotopic (exact) mass is 353 g/mol. The zero-order chi connectivity index (χ0) is 18.7. The van der Waals surface area contributed by atoms with Crippen LogP contribution in [0.4, 0.5) is 0 Å². The lowest BCUT2D eigenvalue weighted by Gasteiger charge is -2.07. The van der Waals surface area contributed by atoms with Gasteiger partial charge in [-0.25, -0.2) is 9.59 Å². The molecule has 1 aromatic heterocycles. The molecule has 3 rings (SSSR count). The fourth-order valence-corrected chi connectivity index (χ4v) is 2.96. The molecule has 0 aliphatic carbocycles. The first-order valence-electron chi connectivity index (χ1n) is 7.93. The molecule has 1 aliphatic heterocycles. The van der Waals surface area contributed by atoms with Gasteiger partial charge in [0.25, 0.3) is 0 Å². The van der Waals surface area contributed by atoms with Crippen LogP contribution in [0.2, 0.25) is 0 Å². The molecule has 1 atom stereocenters. The molecule has 0 saturated heterocycles. The Morgan fingerprint density at radius 2 is 1.77 bits per heavy atom. The normalized spacial score (nSPS) is 15.6. The van der Waals surface area contributed by atoms with Crippen LogP contribution < -0.4 is 0 Å². The maximum atomic E-state index is 12.6. The minimum atomic E-state index is -1.31. The summed E-state index contributed by atoms with van der Waals surface area (Å²) >= 11 is 0. The van der Waals surface area contributed by atoms with E-state index in [9.17, 15) is 19.2 Å². The lowest BCUT2D eigenvalue weighted by molar-refractivity contribution is -0.157. The Bertz CT molecular complexity index is 909. The Morgan fingerprint density at radius 1 is 1.04 bits per heavy atom. The van der Waals surface area contributed by atoms with Crippen LogP contribution in [-0.2, 0) is 25.7 Å². The number of carbonyl (C=O) groups excluding carboxylic acids is 3. The summed E-state index contributed by atoms with van der Waals surface area (Å²) in [4.78, 5) is 46.7. The molecule has 0 spiro atoms. The highest BCUT2D eigenvalue weighted by molar-refractivity contribution is 6.08. The van der Waals surface area contributed by atoms with E-state index in [4.69, 9.17) is 5.11 Å². The molecular weight excluding hydrogens is 338 g/mol. The second kappa shape index (κ2) is 7.18. The molecule has 1 unspecified atom stereocenters. The number of aromatic nitrogens is 1. The number of aliphatic carboxylic acids is 1. The van der Waals surface area contributed by atoms with Gasteiger partial charge in [0, 0.05) is 30.0 Å². The molecule has 2 heterocycles. The standard InChI is InChI=1S/C19H15NO6/c21-16(22)8-9-17(23)26-19(25)13-10-11-20-14(13)6-7-15(20)18(24)12-4-2-1-3-5-12/h1-9,13H,10-11H2,(H,21,22)/b9-8+. The second-order valence-electron chi connectivity index (χ2n) is 5.74. The fraction of sp³-hybridized carbons (Fsp3) is 0.158. The molecule has 2 aromatic rings. The van der Waals surface area contributed by atoms with Crippen molar-refractivity contribution in [1.82, 2.24) is 4.57 Å². The molecular formula is C19H15NO6. The molecule has 0 fully saturated rings. The fourth-order valence-electron chi connectivity index (χ4n) is 2.96. The Morgan fingerprint density at radius 3 is 2.46 bits per heavy atom. The highest BCUT2D eigenvalue weighted by Crippen LogP contribution is 2.32. The summed E-state index contributed by atoms with van der Waals surface area (Å²) < 4.78 is 6.42. The first-order chi connectivity index (χ1) is 12.5. The van der Waals surface area contributed by atoms with Gasteiger partial charge in [-0.05, 0) is 18.6 Å². The average molecular weight is 353 g/mol. The van der Waals surface area contributed by atoms with E-state index in [1.54, 1.807) is 41.0 Å². The Hall–Kier alpha value is -3.48. The molecule has 7 nitrogen and oxygen atoms in total. The number of ether oxygens (including phenoxy) is 1. The minimum Gasteiger partial charge on any atom is -0.478 e. The third kappa shape index (κ3) is 3.46. The number of carboxylic acids is 1. The quantitative estimate of drug-likeness (QED) is 0.381. The second-order valence-corrected chi connectivity index (χ2v) is 5.74. The summed E-state index contributed by atoms with van der Waals surface area (Å²) in [6.45, 7) is 0.454. The van der Waals surface area contributed by atoms with E-state index in [1.165, 1.54) is 0 Å². The molecule has 132 valence electrons. The number of carboxylic acid groups (broad SMARTS) is 1. The molecule has 0 amide bonds. The zero-order valence-electron chi connectivity index (χ0n) is 13.6. The number of ketones is 1. The summed E-state index contributed by atoms with van der Waals surface area (Å²) in [6.07, 6.45) is 1.68. The lowest BCUT2D eigenvalue weighted by atomic mass is 10.1. The smallest absolute Gasteiger partial charge is 0.338 e. The van der Waals surface area contributed by atoms with Gasteiger partial charge in [0.05, 0.1) is 11.6 Å².